The van der Waals surface area contributed by atoms with Crippen molar-refractivity contribution >= 4 is 15.9 Å². The van der Waals surface area contributed by atoms with Crippen molar-refractivity contribution in [2.75, 3.05) is 6.54 Å². The van der Waals surface area contributed by atoms with E-state index in [4.69, 9.17) is 6.42 Å². The van der Waals surface area contributed by atoms with Crippen molar-refractivity contribution in [1.29, 1.82) is 0 Å². The highest BCUT2D eigenvalue weighted by Gasteiger charge is 2.26. The molecule has 0 aliphatic heterocycles. The van der Waals surface area contributed by atoms with Gasteiger partial charge in [0.2, 0.25) is 0 Å². The van der Waals surface area contributed by atoms with Gasteiger partial charge < -0.3 is 5.32 Å². The normalized spacial score (nSPS) is 14.6. The summed E-state index contributed by atoms with van der Waals surface area (Å²) in [6, 6.07) is 5.60. The molecule has 2 aromatic rings. The molecule has 1 saturated carbocycles. The van der Waals surface area contributed by atoms with E-state index >= 15 is 0 Å². The second-order valence-electron chi connectivity index (χ2n) is 5.52. The minimum atomic E-state index is -3.82. The number of carbonyl (C=O) groups is 1. The van der Waals surface area contributed by atoms with Gasteiger partial charge in [0.15, 0.2) is 5.82 Å². The van der Waals surface area contributed by atoms with Gasteiger partial charge in [-0.25, -0.2) is 4.98 Å². The summed E-state index contributed by atoms with van der Waals surface area (Å²) in [5.41, 5.74) is 0.331. The molecule has 0 radical (unpaired) electrons. The molecule has 0 atom stereocenters. The minimum Gasteiger partial charge on any atom is -0.341 e. The molecule has 0 spiro atoms. The van der Waals surface area contributed by atoms with Crippen molar-refractivity contribution in [2.45, 2.75) is 30.1 Å². The van der Waals surface area contributed by atoms with Gasteiger partial charge in [-0.1, -0.05) is 12.3 Å². The van der Waals surface area contributed by atoms with E-state index in [0.717, 1.165) is 23.3 Å². The summed E-state index contributed by atoms with van der Waals surface area (Å²) >= 11 is 0. The third kappa shape index (κ3) is 3.03. The largest absolute Gasteiger partial charge is 0.341 e. The number of aromatic nitrogens is 3. The molecule has 1 aliphatic carbocycles. The number of benzene rings is 1. The lowest BCUT2D eigenvalue weighted by atomic mass is 9.85. The van der Waals surface area contributed by atoms with Gasteiger partial charge in [0.05, 0.1) is 11.4 Å². The van der Waals surface area contributed by atoms with E-state index in [-0.39, 0.29) is 23.3 Å². The van der Waals surface area contributed by atoms with Gasteiger partial charge >= 0.3 is 0 Å². The van der Waals surface area contributed by atoms with E-state index in [1.54, 1.807) is 0 Å². The predicted molar refractivity (Wildman–Crippen MR) is 86.8 cm³/mol. The fraction of sp³-hybridized carbons (Fsp3) is 0.312. The van der Waals surface area contributed by atoms with Crippen LogP contribution in [0.2, 0.25) is 0 Å². The first-order chi connectivity index (χ1) is 11.5. The van der Waals surface area contributed by atoms with Gasteiger partial charge in [0, 0.05) is 11.5 Å². The Morgan fingerprint density at radius 1 is 1.33 bits per heavy atom. The monoisotopic (exact) mass is 344 g/mol. The van der Waals surface area contributed by atoms with Gasteiger partial charge in [0.1, 0.15) is 6.33 Å². The smallest absolute Gasteiger partial charge is 0.284 e. The quantitative estimate of drug-likeness (QED) is 0.821. The molecule has 8 heteroatoms. The van der Waals surface area contributed by atoms with Crippen LogP contribution in [0.5, 0.6) is 0 Å². The molecule has 124 valence electrons. The van der Waals surface area contributed by atoms with Crippen molar-refractivity contribution in [3.63, 3.8) is 0 Å². The fourth-order valence-corrected chi connectivity index (χ4v) is 3.41. The third-order valence-electron chi connectivity index (χ3n) is 3.97. The average Bonchev–Trinajstić information content (AvgIpc) is 3.01. The Bertz CT molecular complexity index is 890. The Balaban J connectivity index is 1.80. The summed E-state index contributed by atoms with van der Waals surface area (Å²) in [5, 5.41) is 6.61. The van der Waals surface area contributed by atoms with Gasteiger partial charge in [0.25, 0.3) is 15.9 Å². The highest BCUT2D eigenvalue weighted by molar-refractivity contribution is 7.89. The van der Waals surface area contributed by atoms with Gasteiger partial charge in [-0.05, 0) is 37.1 Å². The Hall–Kier alpha value is -2.66. The second-order valence-corrected chi connectivity index (χ2v) is 7.32. The van der Waals surface area contributed by atoms with Gasteiger partial charge in [-0.3, -0.25) is 4.79 Å². The van der Waals surface area contributed by atoms with E-state index in [2.05, 4.69) is 21.3 Å². The van der Waals surface area contributed by atoms with E-state index < -0.39 is 10.0 Å². The number of hydrogen-bond donors (Lipinski definition) is 1. The number of terminal acetylenes is 1. The Kier molecular flexibility index (Phi) is 4.36. The molecule has 3 rings (SSSR count). The molecule has 1 heterocycles. The Morgan fingerprint density at radius 2 is 2.04 bits per heavy atom. The predicted octanol–water partition coefficient (Wildman–Crippen LogP) is 1.15. The van der Waals surface area contributed by atoms with E-state index in [1.807, 2.05) is 0 Å². The zero-order valence-electron chi connectivity index (χ0n) is 12.8. The van der Waals surface area contributed by atoms with Crippen molar-refractivity contribution in [2.24, 2.45) is 0 Å². The molecular weight excluding hydrogens is 328 g/mol. The zero-order valence-corrected chi connectivity index (χ0v) is 13.7. The highest BCUT2D eigenvalue weighted by Crippen LogP contribution is 2.34. The lowest BCUT2D eigenvalue weighted by Gasteiger charge is -2.21. The van der Waals surface area contributed by atoms with Crippen LogP contribution in [0.3, 0.4) is 0 Å². The molecule has 1 amide bonds. The average molecular weight is 344 g/mol. The van der Waals surface area contributed by atoms with Crippen molar-refractivity contribution in [3.05, 3.63) is 42.0 Å². The maximum Gasteiger partial charge on any atom is 0.284 e. The maximum atomic E-state index is 12.6. The number of hydrogen-bond acceptors (Lipinski definition) is 5. The van der Waals surface area contributed by atoms with Crippen LogP contribution in [0.4, 0.5) is 0 Å². The summed E-state index contributed by atoms with van der Waals surface area (Å²) in [5.74, 6) is 2.76. The molecule has 1 aromatic heterocycles. The van der Waals surface area contributed by atoms with E-state index in [0.29, 0.717) is 11.4 Å². The molecule has 0 saturated heterocycles. The number of carbonyl (C=O) groups excluding carboxylic acids is 1. The number of nitrogens with one attached hydrogen (secondary N) is 1. The lowest BCUT2D eigenvalue weighted by Crippen LogP contribution is -2.23. The molecule has 0 bridgehead atoms. The van der Waals surface area contributed by atoms with E-state index in [1.165, 1.54) is 30.6 Å². The highest BCUT2D eigenvalue weighted by atomic mass is 32.2. The van der Waals surface area contributed by atoms with Crippen LogP contribution >= 0.6 is 0 Å². The molecule has 1 aromatic carbocycles. The molecule has 1 N–H and O–H groups in total. The van der Waals surface area contributed by atoms with Crippen LogP contribution in [0.25, 0.3) is 0 Å². The number of amides is 1. The fourth-order valence-electron chi connectivity index (χ4n) is 2.35. The topological polar surface area (TPSA) is 94.0 Å². The minimum absolute atomic E-state index is 0.0426. The molecular formula is C16H16N4O3S. The summed E-state index contributed by atoms with van der Waals surface area (Å²) in [4.78, 5) is 15.9. The first-order valence-electron chi connectivity index (χ1n) is 7.51. The van der Waals surface area contributed by atoms with Crippen LogP contribution in [0, 0.1) is 12.3 Å². The first-order valence-corrected chi connectivity index (χ1v) is 8.95. The summed E-state index contributed by atoms with van der Waals surface area (Å²) in [6.45, 7) is 0.113. The molecule has 24 heavy (non-hydrogen) atoms. The number of rotatable bonds is 5. The summed E-state index contributed by atoms with van der Waals surface area (Å²) < 4.78 is 26.0. The molecule has 7 nitrogen and oxygen atoms in total. The van der Waals surface area contributed by atoms with Crippen LogP contribution in [0.15, 0.2) is 35.5 Å². The Labute approximate surface area is 140 Å². The second kappa shape index (κ2) is 6.45. The summed E-state index contributed by atoms with van der Waals surface area (Å²) in [6.07, 6.45) is 9.40. The van der Waals surface area contributed by atoms with Gasteiger partial charge in [-0.15, -0.1) is 15.6 Å². The summed E-state index contributed by atoms with van der Waals surface area (Å²) in [7, 11) is -3.82. The van der Waals surface area contributed by atoms with Crippen LogP contribution < -0.4 is 5.32 Å². The van der Waals surface area contributed by atoms with E-state index in [9.17, 15) is 13.2 Å². The van der Waals surface area contributed by atoms with Crippen molar-refractivity contribution in [3.8, 4) is 12.3 Å². The van der Waals surface area contributed by atoms with Crippen LogP contribution in [-0.2, 0) is 10.0 Å². The SMILES string of the molecule is C#CCNC(=O)c1ccc(S(=O)(=O)n2cnc(C3CCC3)n2)cc1. The molecule has 0 unspecified atom stereocenters. The maximum absolute atomic E-state index is 12.6. The third-order valence-corrected chi connectivity index (χ3v) is 5.51. The van der Waals surface area contributed by atoms with Crippen molar-refractivity contribution in [1.82, 2.24) is 19.5 Å². The molecule has 1 fully saturated rings. The van der Waals surface area contributed by atoms with Gasteiger partial charge in [-0.2, -0.15) is 8.42 Å². The molecule has 1 aliphatic rings. The van der Waals surface area contributed by atoms with Crippen molar-refractivity contribution < 1.29 is 13.2 Å². The first kappa shape index (κ1) is 16.2. The lowest BCUT2D eigenvalue weighted by molar-refractivity contribution is 0.0958. The van der Waals surface area contributed by atoms with Crippen LogP contribution in [0.1, 0.15) is 41.4 Å². The number of nitrogens with zero attached hydrogens (tertiary/aromatic N) is 3. The Morgan fingerprint density at radius 3 is 2.62 bits per heavy atom. The standard InChI is InChI=1S/C16H16N4O3S/c1-2-10-17-16(21)13-6-8-14(9-7-13)24(22,23)20-11-18-15(19-20)12-4-3-5-12/h1,6-9,11-12H,3-5,10H2,(H,17,21). The zero-order chi connectivity index (χ0) is 17.2. The van der Waals surface area contributed by atoms with Crippen LogP contribution in [-0.4, -0.2) is 35.0 Å².